The van der Waals surface area contributed by atoms with Crippen LogP contribution < -0.4 is 4.90 Å². The predicted molar refractivity (Wildman–Crippen MR) is 93.0 cm³/mol. The van der Waals surface area contributed by atoms with Crippen molar-refractivity contribution in [1.29, 1.82) is 0 Å². The SMILES string of the molecule is CC(C)c1cc(N2CCC(=O)CC2)nc(-c2ccc(Cl)cc2)n1. The van der Waals surface area contributed by atoms with Gasteiger partial charge in [0.25, 0.3) is 0 Å². The van der Waals surface area contributed by atoms with Gasteiger partial charge >= 0.3 is 0 Å². The standard InChI is InChI=1S/C18H20ClN3O/c1-12(2)16-11-17(22-9-7-15(23)8-10-22)21-18(20-16)13-3-5-14(19)6-4-13/h3-6,11-12H,7-10H2,1-2H3. The van der Waals surface area contributed by atoms with Gasteiger partial charge in [0.15, 0.2) is 5.82 Å². The first-order valence-electron chi connectivity index (χ1n) is 7.94. The highest BCUT2D eigenvalue weighted by molar-refractivity contribution is 6.30. The van der Waals surface area contributed by atoms with Gasteiger partial charge in [-0.25, -0.2) is 9.97 Å². The van der Waals surface area contributed by atoms with Crippen molar-refractivity contribution < 1.29 is 4.79 Å². The van der Waals surface area contributed by atoms with Gasteiger partial charge in [-0.05, 0) is 30.2 Å². The van der Waals surface area contributed by atoms with E-state index in [4.69, 9.17) is 21.6 Å². The van der Waals surface area contributed by atoms with Crippen molar-refractivity contribution in [2.75, 3.05) is 18.0 Å². The number of hydrogen-bond acceptors (Lipinski definition) is 4. The van der Waals surface area contributed by atoms with Crippen LogP contribution in [-0.2, 0) is 4.79 Å². The lowest BCUT2D eigenvalue weighted by Crippen LogP contribution is -2.34. The average Bonchev–Trinajstić information content (AvgIpc) is 2.55. The minimum atomic E-state index is 0.314. The minimum absolute atomic E-state index is 0.314. The lowest BCUT2D eigenvalue weighted by atomic mass is 10.1. The molecule has 0 spiro atoms. The van der Waals surface area contributed by atoms with E-state index in [1.54, 1.807) is 0 Å². The molecule has 1 fully saturated rings. The molecule has 3 rings (SSSR count). The smallest absolute Gasteiger partial charge is 0.161 e. The summed E-state index contributed by atoms with van der Waals surface area (Å²) in [6.45, 7) is 5.70. The van der Waals surface area contributed by atoms with E-state index in [0.29, 0.717) is 35.4 Å². The summed E-state index contributed by atoms with van der Waals surface area (Å²) in [7, 11) is 0. The monoisotopic (exact) mass is 329 g/mol. The Balaban J connectivity index is 1.99. The number of rotatable bonds is 3. The number of piperidine rings is 1. The number of halogens is 1. The molecule has 120 valence electrons. The quantitative estimate of drug-likeness (QED) is 0.850. The van der Waals surface area contributed by atoms with Gasteiger partial charge in [0, 0.05) is 48.3 Å². The fraction of sp³-hybridized carbons (Fsp3) is 0.389. The van der Waals surface area contributed by atoms with Gasteiger partial charge in [-0.1, -0.05) is 25.4 Å². The summed E-state index contributed by atoms with van der Waals surface area (Å²) in [6, 6.07) is 9.61. The van der Waals surface area contributed by atoms with Gasteiger partial charge in [-0.15, -0.1) is 0 Å². The van der Waals surface area contributed by atoms with Crippen LogP contribution in [-0.4, -0.2) is 28.8 Å². The number of carbonyl (C=O) groups excluding carboxylic acids is 1. The summed E-state index contributed by atoms with van der Waals surface area (Å²) in [6.07, 6.45) is 1.19. The van der Waals surface area contributed by atoms with Crippen LogP contribution in [0.5, 0.6) is 0 Å². The molecule has 0 unspecified atom stereocenters. The maximum absolute atomic E-state index is 11.5. The molecule has 1 saturated heterocycles. The van der Waals surface area contributed by atoms with Crippen molar-refractivity contribution >= 4 is 23.2 Å². The zero-order chi connectivity index (χ0) is 16.4. The molecule has 0 saturated carbocycles. The predicted octanol–water partition coefficient (Wildman–Crippen LogP) is 4.09. The number of aromatic nitrogens is 2. The van der Waals surface area contributed by atoms with Crippen LogP contribution in [0.15, 0.2) is 30.3 Å². The Labute approximate surface area is 141 Å². The molecular weight excluding hydrogens is 310 g/mol. The van der Waals surface area contributed by atoms with Crippen LogP contribution in [0.1, 0.15) is 38.3 Å². The van der Waals surface area contributed by atoms with Gasteiger partial charge in [0.1, 0.15) is 11.6 Å². The zero-order valence-corrected chi connectivity index (χ0v) is 14.2. The minimum Gasteiger partial charge on any atom is -0.356 e. The third-order valence-corrected chi connectivity index (χ3v) is 4.32. The molecule has 0 aliphatic carbocycles. The Morgan fingerprint density at radius 2 is 1.74 bits per heavy atom. The van der Waals surface area contributed by atoms with E-state index in [1.807, 2.05) is 30.3 Å². The number of nitrogens with zero attached hydrogens (tertiary/aromatic N) is 3. The first kappa shape index (κ1) is 15.9. The number of carbonyl (C=O) groups is 1. The number of anilines is 1. The van der Waals surface area contributed by atoms with Gasteiger partial charge in [0.05, 0.1) is 0 Å². The van der Waals surface area contributed by atoms with Gasteiger partial charge < -0.3 is 4.90 Å². The molecule has 1 aliphatic heterocycles. The zero-order valence-electron chi connectivity index (χ0n) is 13.4. The lowest BCUT2D eigenvalue weighted by molar-refractivity contribution is -0.119. The van der Waals surface area contributed by atoms with Gasteiger partial charge in [-0.3, -0.25) is 4.79 Å². The summed E-state index contributed by atoms with van der Waals surface area (Å²) in [5, 5.41) is 0.698. The molecule has 4 nitrogen and oxygen atoms in total. The third kappa shape index (κ3) is 3.70. The molecule has 1 aromatic carbocycles. The van der Waals surface area contributed by atoms with E-state index in [0.717, 1.165) is 30.2 Å². The molecule has 2 heterocycles. The summed E-state index contributed by atoms with van der Waals surface area (Å²) in [5.41, 5.74) is 1.96. The Hall–Kier alpha value is -1.94. The molecule has 0 amide bonds. The molecule has 1 aliphatic rings. The van der Waals surface area contributed by atoms with Crippen LogP contribution in [0.4, 0.5) is 5.82 Å². The number of benzene rings is 1. The van der Waals surface area contributed by atoms with E-state index >= 15 is 0 Å². The molecule has 1 aromatic heterocycles. The number of hydrogen-bond donors (Lipinski definition) is 0. The maximum atomic E-state index is 11.5. The summed E-state index contributed by atoms with van der Waals surface area (Å²) in [4.78, 5) is 23.1. The van der Waals surface area contributed by atoms with Crippen LogP contribution in [0.25, 0.3) is 11.4 Å². The van der Waals surface area contributed by atoms with Gasteiger partial charge in [-0.2, -0.15) is 0 Å². The molecule has 2 aromatic rings. The average molecular weight is 330 g/mol. The highest BCUT2D eigenvalue weighted by Gasteiger charge is 2.19. The number of Topliss-reactive ketones (excluding diaryl/α,β-unsaturated/α-hetero) is 1. The molecule has 0 radical (unpaired) electrons. The maximum Gasteiger partial charge on any atom is 0.161 e. The topological polar surface area (TPSA) is 46.1 Å². The molecule has 0 N–H and O–H groups in total. The summed E-state index contributed by atoms with van der Waals surface area (Å²) in [5.74, 6) is 2.26. The second kappa shape index (κ2) is 6.67. The van der Waals surface area contributed by atoms with E-state index in [9.17, 15) is 4.79 Å². The third-order valence-electron chi connectivity index (χ3n) is 4.07. The van der Waals surface area contributed by atoms with Crippen molar-refractivity contribution in [3.05, 3.63) is 41.0 Å². The Bertz CT molecular complexity index is 703. The largest absolute Gasteiger partial charge is 0.356 e. The van der Waals surface area contributed by atoms with Crippen LogP contribution in [0.3, 0.4) is 0 Å². The van der Waals surface area contributed by atoms with Crippen molar-refractivity contribution in [1.82, 2.24) is 9.97 Å². The van der Waals surface area contributed by atoms with E-state index in [-0.39, 0.29) is 0 Å². The van der Waals surface area contributed by atoms with Crippen LogP contribution in [0.2, 0.25) is 5.02 Å². The lowest BCUT2D eigenvalue weighted by Gasteiger charge is -2.28. The second-order valence-corrected chi connectivity index (χ2v) is 6.60. The molecule has 5 heteroatoms. The summed E-state index contributed by atoms with van der Waals surface area (Å²) >= 11 is 5.97. The Kier molecular flexibility index (Phi) is 4.62. The van der Waals surface area contributed by atoms with Crippen LogP contribution >= 0.6 is 11.6 Å². The van der Waals surface area contributed by atoms with E-state index in [1.165, 1.54) is 0 Å². The number of ketones is 1. The highest BCUT2D eigenvalue weighted by atomic mass is 35.5. The van der Waals surface area contributed by atoms with Crippen molar-refractivity contribution in [3.63, 3.8) is 0 Å². The van der Waals surface area contributed by atoms with E-state index < -0.39 is 0 Å². The van der Waals surface area contributed by atoms with Crippen molar-refractivity contribution in [3.8, 4) is 11.4 Å². The fourth-order valence-corrected chi connectivity index (χ4v) is 2.75. The van der Waals surface area contributed by atoms with E-state index in [2.05, 4.69) is 18.7 Å². The highest BCUT2D eigenvalue weighted by Crippen LogP contribution is 2.26. The first-order valence-corrected chi connectivity index (χ1v) is 8.32. The normalized spacial score (nSPS) is 15.3. The first-order chi connectivity index (χ1) is 11.0. The Morgan fingerprint density at radius 1 is 1.09 bits per heavy atom. The second-order valence-electron chi connectivity index (χ2n) is 6.16. The summed E-state index contributed by atoms with van der Waals surface area (Å²) < 4.78 is 0. The molecule has 0 atom stereocenters. The Morgan fingerprint density at radius 3 is 2.35 bits per heavy atom. The fourth-order valence-electron chi connectivity index (χ4n) is 2.62. The molecular formula is C18H20ClN3O. The molecule has 23 heavy (non-hydrogen) atoms. The van der Waals surface area contributed by atoms with Crippen molar-refractivity contribution in [2.24, 2.45) is 0 Å². The molecule has 0 bridgehead atoms. The van der Waals surface area contributed by atoms with Crippen LogP contribution in [0, 0.1) is 0 Å². The van der Waals surface area contributed by atoms with Gasteiger partial charge in [0.2, 0.25) is 0 Å². The van der Waals surface area contributed by atoms with Crippen molar-refractivity contribution in [2.45, 2.75) is 32.6 Å².